The van der Waals surface area contributed by atoms with Crippen molar-refractivity contribution in [3.63, 3.8) is 0 Å². The van der Waals surface area contributed by atoms with Crippen molar-refractivity contribution >= 4 is 17.3 Å². The summed E-state index contributed by atoms with van der Waals surface area (Å²) in [7, 11) is 0. The SMILES string of the molecule is CCCc1ccc(Nc2nc(C)nc(N)c2C)cc1. The van der Waals surface area contributed by atoms with Crippen LogP contribution in [0.3, 0.4) is 0 Å². The van der Waals surface area contributed by atoms with Gasteiger partial charge in [0.25, 0.3) is 0 Å². The minimum Gasteiger partial charge on any atom is -0.383 e. The topological polar surface area (TPSA) is 63.8 Å². The largest absolute Gasteiger partial charge is 0.383 e. The Morgan fingerprint density at radius 3 is 2.42 bits per heavy atom. The van der Waals surface area contributed by atoms with E-state index in [2.05, 4.69) is 46.5 Å². The smallest absolute Gasteiger partial charge is 0.139 e. The van der Waals surface area contributed by atoms with E-state index >= 15 is 0 Å². The molecule has 19 heavy (non-hydrogen) atoms. The second-order valence-corrected chi connectivity index (χ2v) is 4.70. The Morgan fingerprint density at radius 2 is 1.79 bits per heavy atom. The lowest BCUT2D eigenvalue weighted by Gasteiger charge is -2.11. The van der Waals surface area contributed by atoms with Gasteiger partial charge in [-0.25, -0.2) is 9.97 Å². The summed E-state index contributed by atoms with van der Waals surface area (Å²) >= 11 is 0. The van der Waals surface area contributed by atoms with Gasteiger partial charge < -0.3 is 11.1 Å². The van der Waals surface area contributed by atoms with Crippen molar-refractivity contribution in [1.29, 1.82) is 0 Å². The van der Waals surface area contributed by atoms with Crippen LogP contribution in [-0.4, -0.2) is 9.97 Å². The maximum absolute atomic E-state index is 5.85. The molecule has 0 amide bonds. The molecule has 0 aliphatic carbocycles. The number of hydrogen-bond acceptors (Lipinski definition) is 4. The van der Waals surface area contributed by atoms with Crippen molar-refractivity contribution in [2.45, 2.75) is 33.6 Å². The highest BCUT2D eigenvalue weighted by molar-refractivity contribution is 5.63. The van der Waals surface area contributed by atoms with E-state index in [1.807, 2.05) is 13.8 Å². The van der Waals surface area contributed by atoms with Crippen molar-refractivity contribution in [3.05, 3.63) is 41.2 Å². The maximum Gasteiger partial charge on any atom is 0.139 e. The molecule has 2 aromatic rings. The van der Waals surface area contributed by atoms with Gasteiger partial charge in [0, 0.05) is 11.3 Å². The van der Waals surface area contributed by atoms with Crippen LogP contribution in [0.25, 0.3) is 0 Å². The first kappa shape index (κ1) is 13.3. The van der Waals surface area contributed by atoms with Gasteiger partial charge in [0.15, 0.2) is 0 Å². The van der Waals surface area contributed by atoms with E-state index in [0.717, 1.165) is 29.9 Å². The predicted octanol–water partition coefficient (Wildman–Crippen LogP) is 3.37. The maximum atomic E-state index is 5.85. The van der Waals surface area contributed by atoms with Crippen LogP contribution in [0.4, 0.5) is 17.3 Å². The van der Waals surface area contributed by atoms with E-state index in [1.54, 1.807) is 0 Å². The third kappa shape index (κ3) is 3.22. The molecule has 0 radical (unpaired) electrons. The van der Waals surface area contributed by atoms with Crippen LogP contribution in [0.15, 0.2) is 24.3 Å². The Hall–Kier alpha value is -2.10. The van der Waals surface area contributed by atoms with Gasteiger partial charge in [-0.15, -0.1) is 0 Å². The molecule has 100 valence electrons. The van der Waals surface area contributed by atoms with Gasteiger partial charge in [-0.05, 0) is 38.0 Å². The van der Waals surface area contributed by atoms with Gasteiger partial charge in [-0.1, -0.05) is 25.5 Å². The highest BCUT2D eigenvalue weighted by Crippen LogP contribution is 2.22. The zero-order valence-corrected chi connectivity index (χ0v) is 11.7. The van der Waals surface area contributed by atoms with Gasteiger partial charge in [0.1, 0.15) is 17.5 Å². The fourth-order valence-electron chi connectivity index (χ4n) is 1.95. The van der Waals surface area contributed by atoms with Crippen molar-refractivity contribution < 1.29 is 0 Å². The molecule has 3 N–H and O–H groups in total. The molecule has 0 aliphatic rings. The highest BCUT2D eigenvalue weighted by atomic mass is 15.1. The fraction of sp³-hybridized carbons (Fsp3) is 0.333. The van der Waals surface area contributed by atoms with Crippen LogP contribution < -0.4 is 11.1 Å². The summed E-state index contributed by atoms with van der Waals surface area (Å²) in [6.45, 7) is 5.94. The van der Waals surface area contributed by atoms with Crippen molar-refractivity contribution in [2.75, 3.05) is 11.1 Å². The van der Waals surface area contributed by atoms with Crippen molar-refractivity contribution in [2.24, 2.45) is 0 Å². The normalized spacial score (nSPS) is 10.5. The molecule has 4 heteroatoms. The zero-order valence-electron chi connectivity index (χ0n) is 11.7. The summed E-state index contributed by atoms with van der Waals surface area (Å²) in [4.78, 5) is 8.53. The summed E-state index contributed by atoms with van der Waals surface area (Å²) < 4.78 is 0. The first-order valence-electron chi connectivity index (χ1n) is 6.57. The second kappa shape index (κ2) is 5.69. The quantitative estimate of drug-likeness (QED) is 0.880. The number of nitrogens with one attached hydrogen (secondary N) is 1. The first-order valence-corrected chi connectivity index (χ1v) is 6.57. The minimum atomic E-state index is 0.526. The number of nitrogen functional groups attached to an aromatic ring is 1. The third-order valence-electron chi connectivity index (χ3n) is 3.05. The predicted molar refractivity (Wildman–Crippen MR) is 79.6 cm³/mol. The molecule has 0 saturated carbocycles. The Morgan fingerprint density at radius 1 is 1.11 bits per heavy atom. The molecule has 1 aromatic carbocycles. The monoisotopic (exact) mass is 256 g/mol. The molecule has 1 heterocycles. The number of rotatable bonds is 4. The third-order valence-corrected chi connectivity index (χ3v) is 3.05. The molecule has 0 fully saturated rings. The van der Waals surface area contributed by atoms with Crippen molar-refractivity contribution in [3.8, 4) is 0 Å². The van der Waals surface area contributed by atoms with E-state index in [9.17, 15) is 0 Å². The number of anilines is 3. The number of hydrogen-bond donors (Lipinski definition) is 2. The molecule has 0 aliphatic heterocycles. The van der Waals surface area contributed by atoms with Crippen LogP contribution in [0.5, 0.6) is 0 Å². The van der Waals surface area contributed by atoms with E-state index in [0.29, 0.717) is 11.6 Å². The van der Waals surface area contributed by atoms with Crippen LogP contribution in [0.1, 0.15) is 30.3 Å². The van der Waals surface area contributed by atoms with Gasteiger partial charge >= 0.3 is 0 Å². The Balaban J connectivity index is 2.21. The average Bonchev–Trinajstić information content (AvgIpc) is 2.38. The highest BCUT2D eigenvalue weighted by Gasteiger charge is 2.06. The first-order chi connectivity index (χ1) is 9.10. The summed E-state index contributed by atoms with van der Waals surface area (Å²) in [5.41, 5.74) is 9.09. The van der Waals surface area contributed by atoms with Crippen LogP contribution in [0, 0.1) is 13.8 Å². The zero-order chi connectivity index (χ0) is 13.8. The number of benzene rings is 1. The Labute approximate surface area is 114 Å². The number of aromatic nitrogens is 2. The number of aryl methyl sites for hydroxylation is 2. The molecule has 0 bridgehead atoms. The summed E-state index contributed by atoms with van der Waals surface area (Å²) in [5.74, 6) is 1.97. The lowest BCUT2D eigenvalue weighted by atomic mass is 10.1. The lowest BCUT2D eigenvalue weighted by molar-refractivity contribution is 0.922. The van der Waals surface area contributed by atoms with Crippen LogP contribution >= 0.6 is 0 Å². The van der Waals surface area contributed by atoms with Crippen LogP contribution in [0.2, 0.25) is 0 Å². The fourth-order valence-corrected chi connectivity index (χ4v) is 1.95. The molecule has 0 spiro atoms. The van der Waals surface area contributed by atoms with E-state index < -0.39 is 0 Å². The molecule has 1 aromatic heterocycles. The molecule has 4 nitrogen and oxygen atoms in total. The Kier molecular flexibility index (Phi) is 4.00. The molecular formula is C15H20N4. The minimum absolute atomic E-state index is 0.526. The molecule has 2 rings (SSSR count). The van der Waals surface area contributed by atoms with E-state index in [4.69, 9.17) is 5.73 Å². The molecule has 0 unspecified atom stereocenters. The summed E-state index contributed by atoms with van der Waals surface area (Å²) in [6.07, 6.45) is 2.27. The van der Waals surface area contributed by atoms with Gasteiger partial charge in [-0.2, -0.15) is 0 Å². The van der Waals surface area contributed by atoms with Gasteiger partial charge in [-0.3, -0.25) is 0 Å². The average molecular weight is 256 g/mol. The molecule has 0 saturated heterocycles. The number of nitrogens with two attached hydrogens (primary N) is 1. The number of nitrogens with zero attached hydrogens (tertiary/aromatic N) is 2. The molecular weight excluding hydrogens is 236 g/mol. The van der Waals surface area contributed by atoms with E-state index in [-0.39, 0.29) is 0 Å². The standard InChI is InChI=1S/C15H20N4/c1-4-5-12-6-8-13(9-7-12)19-15-10(2)14(16)17-11(3)18-15/h6-9H,4-5H2,1-3H3,(H3,16,17,18,19). The van der Waals surface area contributed by atoms with Gasteiger partial charge in [0.05, 0.1) is 0 Å². The molecule has 0 atom stereocenters. The van der Waals surface area contributed by atoms with Crippen LogP contribution in [-0.2, 0) is 6.42 Å². The van der Waals surface area contributed by atoms with Crippen molar-refractivity contribution in [1.82, 2.24) is 9.97 Å². The summed E-state index contributed by atoms with van der Waals surface area (Å²) in [6, 6.07) is 8.41. The summed E-state index contributed by atoms with van der Waals surface area (Å²) in [5, 5.41) is 3.29. The second-order valence-electron chi connectivity index (χ2n) is 4.70. The van der Waals surface area contributed by atoms with Gasteiger partial charge in [0.2, 0.25) is 0 Å². The Bertz CT molecular complexity index is 561. The van der Waals surface area contributed by atoms with E-state index in [1.165, 1.54) is 5.56 Å². The lowest BCUT2D eigenvalue weighted by Crippen LogP contribution is -2.04.